The number of anilines is 1. The van der Waals surface area contributed by atoms with Gasteiger partial charge in [-0.05, 0) is 46.9 Å². The topological polar surface area (TPSA) is 72.7 Å². The largest absolute Gasteiger partial charge is 0.324 e. The molecule has 0 aliphatic heterocycles. The second-order valence-corrected chi connectivity index (χ2v) is 7.33. The third-order valence-electron chi connectivity index (χ3n) is 4.54. The van der Waals surface area contributed by atoms with Crippen molar-refractivity contribution < 1.29 is 9.18 Å². The Morgan fingerprint density at radius 1 is 1.33 bits per heavy atom. The van der Waals surface area contributed by atoms with Gasteiger partial charge in [0.15, 0.2) is 0 Å². The first-order valence-electron chi connectivity index (χ1n) is 8.02. The molecule has 3 rings (SSSR count). The molecular formula is C16H19BrFN5O. The van der Waals surface area contributed by atoms with Gasteiger partial charge < -0.3 is 5.32 Å². The van der Waals surface area contributed by atoms with E-state index in [1.54, 1.807) is 23.1 Å². The van der Waals surface area contributed by atoms with Gasteiger partial charge >= 0.3 is 0 Å². The average Bonchev–Trinajstić information content (AvgIpc) is 3.03. The van der Waals surface area contributed by atoms with Gasteiger partial charge in [0.25, 0.3) is 0 Å². The quantitative estimate of drug-likeness (QED) is 0.839. The number of carbonyl (C=O) groups is 1. The smallest absolute Gasteiger partial charge is 0.225 e. The van der Waals surface area contributed by atoms with Gasteiger partial charge in [0.1, 0.15) is 12.1 Å². The van der Waals surface area contributed by atoms with E-state index < -0.39 is 5.82 Å². The first-order valence-corrected chi connectivity index (χ1v) is 8.81. The molecule has 8 heteroatoms. The van der Waals surface area contributed by atoms with Gasteiger partial charge in [-0.1, -0.05) is 35.2 Å². The Kier molecular flexibility index (Phi) is 5.23. The summed E-state index contributed by atoms with van der Waals surface area (Å²) in [5.74, 6) is -0.623. The Balaban J connectivity index is 1.71. The molecule has 0 saturated heterocycles. The van der Waals surface area contributed by atoms with Crippen molar-refractivity contribution in [3.05, 3.63) is 34.8 Å². The van der Waals surface area contributed by atoms with Crippen molar-refractivity contribution in [2.75, 3.05) is 5.32 Å². The molecule has 0 bridgehead atoms. The molecule has 1 amide bonds. The molecule has 1 aromatic heterocycles. The van der Waals surface area contributed by atoms with Gasteiger partial charge in [0.2, 0.25) is 5.91 Å². The highest BCUT2D eigenvalue weighted by atomic mass is 79.9. The molecule has 2 aromatic rings. The minimum Gasteiger partial charge on any atom is -0.324 e. The highest BCUT2D eigenvalue weighted by molar-refractivity contribution is 9.10. The molecule has 1 heterocycles. The van der Waals surface area contributed by atoms with E-state index in [0.29, 0.717) is 17.4 Å². The van der Waals surface area contributed by atoms with Gasteiger partial charge in [-0.3, -0.25) is 4.79 Å². The highest BCUT2D eigenvalue weighted by Gasteiger charge is 2.35. The molecule has 1 aromatic carbocycles. The van der Waals surface area contributed by atoms with Gasteiger partial charge in [0, 0.05) is 10.9 Å². The number of hydrogen-bond donors (Lipinski definition) is 1. The monoisotopic (exact) mass is 395 g/mol. The minimum atomic E-state index is -0.448. The number of tetrazole rings is 1. The van der Waals surface area contributed by atoms with Crippen molar-refractivity contribution in [1.29, 1.82) is 0 Å². The van der Waals surface area contributed by atoms with Crippen LogP contribution in [0.5, 0.6) is 0 Å². The summed E-state index contributed by atoms with van der Waals surface area (Å²) in [6, 6.07) is 4.61. The van der Waals surface area contributed by atoms with Crippen LogP contribution < -0.4 is 5.32 Å². The number of hydrogen-bond acceptors (Lipinski definition) is 4. The number of aromatic nitrogens is 4. The van der Waals surface area contributed by atoms with Crippen LogP contribution in [0.15, 0.2) is 29.0 Å². The van der Waals surface area contributed by atoms with Gasteiger partial charge in [-0.15, -0.1) is 5.10 Å². The Bertz CT molecular complexity index is 700. The fraction of sp³-hybridized carbons (Fsp3) is 0.500. The lowest BCUT2D eigenvalue weighted by molar-refractivity contribution is -0.119. The molecular weight excluding hydrogens is 377 g/mol. The van der Waals surface area contributed by atoms with Gasteiger partial charge in [-0.2, -0.15) is 0 Å². The zero-order chi connectivity index (χ0) is 17.0. The van der Waals surface area contributed by atoms with Crippen LogP contribution >= 0.6 is 15.9 Å². The lowest BCUT2D eigenvalue weighted by Gasteiger charge is -2.36. The summed E-state index contributed by atoms with van der Waals surface area (Å²) < 4.78 is 16.2. The van der Waals surface area contributed by atoms with E-state index >= 15 is 0 Å². The summed E-state index contributed by atoms with van der Waals surface area (Å²) >= 11 is 3.21. The molecule has 0 atom stereocenters. The average molecular weight is 396 g/mol. The fourth-order valence-electron chi connectivity index (χ4n) is 3.41. The third-order valence-corrected chi connectivity index (χ3v) is 5.04. The summed E-state index contributed by atoms with van der Waals surface area (Å²) in [7, 11) is 0. The maximum absolute atomic E-state index is 13.9. The predicted octanol–water partition coefficient (Wildman–Crippen LogP) is 3.55. The molecule has 1 aliphatic carbocycles. The van der Waals surface area contributed by atoms with E-state index in [2.05, 4.69) is 36.8 Å². The van der Waals surface area contributed by atoms with Crippen LogP contribution in [0.2, 0.25) is 0 Å². The van der Waals surface area contributed by atoms with Crippen molar-refractivity contribution >= 4 is 27.5 Å². The van der Waals surface area contributed by atoms with Crippen LogP contribution in [0.3, 0.4) is 0 Å². The van der Waals surface area contributed by atoms with Crippen LogP contribution in [0.4, 0.5) is 10.1 Å². The van der Waals surface area contributed by atoms with E-state index in [-0.39, 0.29) is 17.0 Å². The number of rotatable bonds is 5. The summed E-state index contributed by atoms with van der Waals surface area (Å²) in [5, 5.41) is 13.9. The summed E-state index contributed by atoms with van der Waals surface area (Å²) in [6.45, 7) is 0.607. The Morgan fingerprint density at radius 2 is 2.12 bits per heavy atom. The molecule has 0 spiro atoms. The Morgan fingerprint density at radius 3 is 2.79 bits per heavy atom. The van der Waals surface area contributed by atoms with Gasteiger partial charge in [-0.25, -0.2) is 9.07 Å². The highest BCUT2D eigenvalue weighted by Crippen LogP contribution is 2.41. The lowest BCUT2D eigenvalue weighted by atomic mass is 9.71. The van der Waals surface area contributed by atoms with E-state index in [9.17, 15) is 9.18 Å². The van der Waals surface area contributed by atoms with Crippen molar-refractivity contribution in [3.8, 4) is 0 Å². The summed E-state index contributed by atoms with van der Waals surface area (Å²) in [4.78, 5) is 12.5. The van der Waals surface area contributed by atoms with Crippen molar-refractivity contribution in [1.82, 2.24) is 20.2 Å². The summed E-state index contributed by atoms with van der Waals surface area (Å²) in [6.07, 6.45) is 7.15. The summed E-state index contributed by atoms with van der Waals surface area (Å²) in [5.41, 5.74) is 0.0281. The molecule has 1 fully saturated rings. The predicted molar refractivity (Wildman–Crippen MR) is 90.7 cm³/mol. The van der Waals surface area contributed by atoms with E-state index in [4.69, 9.17) is 0 Å². The molecule has 0 unspecified atom stereocenters. The van der Waals surface area contributed by atoms with E-state index in [0.717, 1.165) is 25.7 Å². The van der Waals surface area contributed by atoms with E-state index in [1.807, 2.05) is 0 Å². The lowest BCUT2D eigenvalue weighted by Crippen LogP contribution is -2.34. The van der Waals surface area contributed by atoms with Crippen molar-refractivity contribution in [3.63, 3.8) is 0 Å². The van der Waals surface area contributed by atoms with Crippen LogP contribution in [0, 0.1) is 11.2 Å². The first kappa shape index (κ1) is 17.0. The molecule has 1 N–H and O–H groups in total. The fourth-order valence-corrected chi connectivity index (χ4v) is 3.75. The first-order chi connectivity index (χ1) is 11.6. The zero-order valence-electron chi connectivity index (χ0n) is 13.2. The molecule has 6 nitrogen and oxygen atoms in total. The standard InChI is InChI=1S/C16H19BrFN5O/c17-12-4-5-14(13(18)8-12)20-15(24)9-16(6-2-1-3-7-16)10-23-11-19-21-22-23/h4-5,8,11H,1-3,6-7,9-10H2,(H,20,24). The number of benzene rings is 1. The molecule has 0 radical (unpaired) electrons. The van der Waals surface area contributed by atoms with Crippen LogP contribution in [0.1, 0.15) is 38.5 Å². The Labute approximate surface area is 147 Å². The van der Waals surface area contributed by atoms with Crippen LogP contribution in [0.25, 0.3) is 0 Å². The third kappa shape index (κ3) is 4.17. The second kappa shape index (κ2) is 7.38. The van der Waals surface area contributed by atoms with Crippen LogP contribution in [-0.4, -0.2) is 26.1 Å². The number of carbonyl (C=O) groups excluding carboxylic acids is 1. The normalized spacial score (nSPS) is 16.8. The minimum absolute atomic E-state index is 0.175. The molecule has 1 aliphatic rings. The molecule has 24 heavy (non-hydrogen) atoms. The number of nitrogens with one attached hydrogen (secondary N) is 1. The van der Waals surface area contributed by atoms with Crippen molar-refractivity contribution in [2.45, 2.75) is 45.1 Å². The van der Waals surface area contributed by atoms with Crippen molar-refractivity contribution in [2.24, 2.45) is 5.41 Å². The number of amides is 1. The van der Waals surface area contributed by atoms with Gasteiger partial charge in [0.05, 0.1) is 12.2 Å². The SMILES string of the molecule is O=C(CC1(Cn2cnnn2)CCCCC1)Nc1ccc(Br)cc1F. The number of nitrogens with zero attached hydrogens (tertiary/aromatic N) is 4. The maximum Gasteiger partial charge on any atom is 0.225 e. The maximum atomic E-state index is 13.9. The second-order valence-electron chi connectivity index (χ2n) is 6.42. The van der Waals surface area contributed by atoms with Crippen LogP contribution in [-0.2, 0) is 11.3 Å². The zero-order valence-corrected chi connectivity index (χ0v) is 14.8. The number of halogens is 2. The van der Waals surface area contributed by atoms with E-state index in [1.165, 1.54) is 12.5 Å². The Hall–Kier alpha value is -1.83. The molecule has 1 saturated carbocycles. The molecule has 128 valence electrons.